The van der Waals surface area contributed by atoms with E-state index in [0.29, 0.717) is 25.4 Å². The fraction of sp³-hybridized carbons (Fsp3) is 0.375. The van der Waals surface area contributed by atoms with Crippen molar-refractivity contribution < 1.29 is 37.3 Å². The minimum atomic E-state index is -3.40. The van der Waals surface area contributed by atoms with Crippen molar-refractivity contribution in [1.29, 1.82) is 0 Å². The van der Waals surface area contributed by atoms with Crippen molar-refractivity contribution in [3.8, 4) is 16.9 Å². The molecule has 0 bridgehead atoms. The first-order valence-electron chi connectivity index (χ1n) is 13.9. The van der Waals surface area contributed by atoms with E-state index in [2.05, 4.69) is 11.4 Å². The first-order valence-corrected chi connectivity index (χ1v) is 16.0. The molecule has 0 aromatic heterocycles. The number of carbonyl (C=O) groups excluding carboxylic acids is 1. The molecule has 0 fully saturated rings. The van der Waals surface area contributed by atoms with Gasteiger partial charge in [0.15, 0.2) is 0 Å². The second-order valence-corrected chi connectivity index (χ2v) is 12.7. The van der Waals surface area contributed by atoms with Crippen LogP contribution in [0.2, 0.25) is 0 Å². The third-order valence-corrected chi connectivity index (χ3v) is 8.13. The second kappa shape index (κ2) is 14.0. The molecule has 3 aromatic carbocycles. The molecule has 1 heterocycles. The van der Waals surface area contributed by atoms with Crippen LogP contribution in [0.15, 0.2) is 60.7 Å². The Hall–Kier alpha value is -3.73. The van der Waals surface area contributed by atoms with Crippen LogP contribution in [-0.2, 0) is 37.1 Å². The van der Waals surface area contributed by atoms with Crippen LogP contribution < -0.4 is 10.1 Å². The van der Waals surface area contributed by atoms with Gasteiger partial charge in [-0.3, -0.25) is 4.79 Å². The van der Waals surface area contributed by atoms with Crippen LogP contribution in [0.25, 0.3) is 11.1 Å². The highest BCUT2D eigenvalue weighted by Crippen LogP contribution is 2.32. The summed E-state index contributed by atoms with van der Waals surface area (Å²) in [6, 6.07) is 17.6. The van der Waals surface area contributed by atoms with E-state index >= 15 is 0 Å². The van der Waals surface area contributed by atoms with Crippen molar-refractivity contribution in [3.63, 3.8) is 0 Å². The minimum Gasteiger partial charge on any atom is -0.493 e. The SMILES string of the molecule is CCOCC(OCc1ccc(C(=O)NC(CCS(C)(=O)=O)C(=O)O)c(-c2ccccc2C)c1)c1ccc2c(c1)CCO2. The zero-order valence-electron chi connectivity index (χ0n) is 24.1. The lowest BCUT2D eigenvalue weighted by Gasteiger charge is -2.20. The number of hydrogen-bond donors (Lipinski definition) is 2. The number of amides is 1. The predicted molar refractivity (Wildman–Crippen MR) is 159 cm³/mol. The highest BCUT2D eigenvalue weighted by atomic mass is 32.2. The van der Waals surface area contributed by atoms with Gasteiger partial charge in [-0.05, 0) is 77.9 Å². The van der Waals surface area contributed by atoms with Gasteiger partial charge in [0.25, 0.3) is 5.91 Å². The number of aryl methyl sites for hydroxylation is 1. The number of aliphatic carboxylic acids is 1. The molecule has 1 aliphatic rings. The van der Waals surface area contributed by atoms with Gasteiger partial charge >= 0.3 is 5.97 Å². The summed E-state index contributed by atoms with van der Waals surface area (Å²) >= 11 is 0. The lowest BCUT2D eigenvalue weighted by atomic mass is 9.93. The minimum absolute atomic E-state index is 0.235. The molecule has 0 radical (unpaired) electrons. The van der Waals surface area contributed by atoms with E-state index in [1.165, 1.54) is 0 Å². The molecule has 224 valence electrons. The third kappa shape index (κ3) is 8.18. The Morgan fingerprint density at radius 3 is 2.57 bits per heavy atom. The zero-order valence-corrected chi connectivity index (χ0v) is 24.9. The first-order chi connectivity index (χ1) is 20.1. The summed E-state index contributed by atoms with van der Waals surface area (Å²) in [5, 5.41) is 12.1. The molecule has 10 heteroatoms. The molecule has 9 nitrogen and oxygen atoms in total. The van der Waals surface area contributed by atoms with E-state index in [1.807, 2.05) is 56.3 Å². The molecule has 4 rings (SSSR count). The maximum Gasteiger partial charge on any atom is 0.326 e. The van der Waals surface area contributed by atoms with Crippen molar-refractivity contribution >= 4 is 21.7 Å². The Kier molecular flexibility index (Phi) is 10.4. The van der Waals surface area contributed by atoms with E-state index in [4.69, 9.17) is 14.2 Å². The van der Waals surface area contributed by atoms with Crippen LogP contribution >= 0.6 is 0 Å². The second-order valence-electron chi connectivity index (χ2n) is 10.4. The van der Waals surface area contributed by atoms with Crippen LogP contribution in [0.4, 0.5) is 0 Å². The average Bonchev–Trinajstić information content (AvgIpc) is 3.43. The molecule has 1 aliphatic heterocycles. The van der Waals surface area contributed by atoms with Gasteiger partial charge in [0.1, 0.15) is 27.7 Å². The van der Waals surface area contributed by atoms with Crippen molar-refractivity contribution in [2.75, 3.05) is 31.8 Å². The van der Waals surface area contributed by atoms with Gasteiger partial charge in [0.05, 0.1) is 25.6 Å². The van der Waals surface area contributed by atoms with E-state index in [0.717, 1.165) is 46.2 Å². The van der Waals surface area contributed by atoms with Crippen LogP contribution in [0.3, 0.4) is 0 Å². The lowest BCUT2D eigenvalue weighted by molar-refractivity contribution is -0.139. The van der Waals surface area contributed by atoms with E-state index in [9.17, 15) is 23.1 Å². The van der Waals surface area contributed by atoms with E-state index in [-0.39, 0.29) is 30.4 Å². The number of hydrogen-bond acceptors (Lipinski definition) is 7. The summed E-state index contributed by atoms with van der Waals surface area (Å²) < 4.78 is 40.9. The smallest absolute Gasteiger partial charge is 0.326 e. The van der Waals surface area contributed by atoms with Gasteiger partial charge in [-0.1, -0.05) is 36.4 Å². The van der Waals surface area contributed by atoms with Crippen molar-refractivity contribution in [2.24, 2.45) is 0 Å². The van der Waals surface area contributed by atoms with Crippen LogP contribution in [0.5, 0.6) is 5.75 Å². The van der Waals surface area contributed by atoms with Gasteiger partial charge in [-0.15, -0.1) is 0 Å². The maximum absolute atomic E-state index is 13.4. The Morgan fingerprint density at radius 2 is 1.86 bits per heavy atom. The maximum atomic E-state index is 13.4. The van der Waals surface area contributed by atoms with Gasteiger partial charge in [0.2, 0.25) is 0 Å². The van der Waals surface area contributed by atoms with Crippen LogP contribution in [0, 0.1) is 6.92 Å². The number of carboxylic acids is 1. The summed E-state index contributed by atoms with van der Waals surface area (Å²) in [6.07, 6.45) is 1.33. The van der Waals surface area contributed by atoms with Crippen molar-refractivity contribution in [3.05, 3.63) is 88.5 Å². The number of carbonyl (C=O) groups is 2. The Balaban J connectivity index is 1.60. The van der Waals surface area contributed by atoms with Gasteiger partial charge < -0.3 is 24.6 Å². The standard InChI is InChI=1S/C32H37NO8S/c1-4-39-20-30(23-10-12-29-24(18-23)13-15-40-29)41-19-22-9-11-26(27(17-22)25-8-6-5-7-21(25)2)31(34)33-28(32(35)36)14-16-42(3,37)38/h5-12,17-18,28,30H,4,13-16,19-20H2,1-3H3,(H,33,34)(H,35,36). The number of ether oxygens (including phenoxy) is 3. The van der Waals surface area contributed by atoms with Crippen LogP contribution in [-0.4, -0.2) is 63.3 Å². The molecule has 2 N–H and O–H groups in total. The number of rotatable bonds is 14. The summed E-state index contributed by atoms with van der Waals surface area (Å²) in [6.45, 7) is 5.71. The molecule has 2 unspecified atom stereocenters. The highest BCUT2D eigenvalue weighted by molar-refractivity contribution is 7.90. The zero-order chi connectivity index (χ0) is 30.3. The van der Waals surface area contributed by atoms with Gasteiger partial charge in [-0.2, -0.15) is 0 Å². The Morgan fingerprint density at radius 1 is 1.07 bits per heavy atom. The largest absolute Gasteiger partial charge is 0.493 e. The molecular weight excluding hydrogens is 558 g/mol. The number of benzene rings is 3. The summed E-state index contributed by atoms with van der Waals surface area (Å²) in [4.78, 5) is 25.2. The van der Waals surface area contributed by atoms with Gasteiger partial charge in [0, 0.05) is 24.8 Å². The van der Waals surface area contributed by atoms with Crippen molar-refractivity contribution in [1.82, 2.24) is 5.32 Å². The highest BCUT2D eigenvalue weighted by Gasteiger charge is 2.25. The Bertz CT molecular complexity index is 1540. The van der Waals surface area contributed by atoms with Crippen molar-refractivity contribution in [2.45, 2.75) is 45.4 Å². The monoisotopic (exact) mass is 595 g/mol. The fourth-order valence-electron chi connectivity index (χ4n) is 4.87. The summed E-state index contributed by atoms with van der Waals surface area (Å²) in [5.74, 6) is -1.36. The average molecular weight is 596 g/mol. The molecule has 0 saturated heterocycles. The normalized spacial score (nSPS) is 14.1. The Labute approximate surface area is 246 Å². The quantitative estimate of drug-likeness (QED) is 0.279. The molecular formula is C32H37NO8S. The van der Waals surface area contributed by atoms with E-state index in [1.54, 1.807) is 12.1 Å². The molecule has 2 atom stereocenters. The topological polar surface area (TPSA) is 128 Å². The summed E-state index contributed by atoms with van der Waals surface area (Å²) in [5.41, 5.74) is 5.62. The molecule has 42 heavy (non-hydrogen) atoms. The first kappa shape index (κ1) is 31.2. The fourth-order valence-corrected chi connectivity index (χ4v) is 5.54. The lowest BCUT2D eigenvalue weighted by Crippen LogP contribution is -2.42. The molecule has 1 amide bonds. The molecule has 0 spiro atoms. The molecule has 3 aromatic rings. The molecule has 0 aliphatic carbocycles. The summed E-state index contributed by atoms with van der Waals surface area (Å²) in [7, 11) is -3.40. The molecule has 0 saturated carbocycles. The van der Waals surface area contributed by atoms with E-state index < -0.39 is 27.8 Å². The number of sulfone groups is 1. The van der Waals surface area contributed by atoms with Crippen LogP contribution in [0.1, 0.15) is 52.1 Å². The third-order valence-electron chi connectivity index (χ3n) is 7.15. The predicted octanol–water partition coefficient (Wildman–Crippen LogP) is 4.51. The number of fused-ring (bicyclic) bond motifs is 1. The number of nitrogens with one attached hydrogen (secondary N) is 1. The number of carboxylic acid groups (broad SMARTS) is 1. The van der Waals surface area contributed by atoms with Gasteiger partial charge in [-0.25, -0.2) is 13.2 Å².